The molecule has 2 aromatic rings. The maximum Gasteiger partial charge on any atom is 0.338 e. The van der Waals surface area contributed by atoms with Crippen LogP contribution in [0.3, 0.4) is 0 Å². The molecule has 0 radical (unpaired) electrons. The van der Waals surface area contributed by atoms with E-state index in [4.69, 9.17) is 4.74 Å². The van der Waals surface area contributed by atoms with E-state index in [2.05, 4.69) is 10.6 Å². The number of rotatable bonds is 7. The minimum Gasteiger partial charge on any atom is -0.462 e. The SMILES string of the molecule is CCOC(=O)c1ccc(NC(=O)/C(C#N)=C\Nc2ccccc2[N+](=O)[O-])cc1. The van der Waals surface area contributed by atoms with E-state index in [0.29, 0.717) is 11.3 Å². The molecule has 0 heterocycles. The minimum atomic E-state index is -0.711. The van der Waals surface area contributed by atoms with Gasteiger partial charge in [0.15, 0.2) is 0 Å². The van der Waals surface area contributed by atoms with E-state index in [0.717, 1.165) is 6.20 Å². The standard InChI is InChI=1S/C19H16N4O5/c1-2-28-19(25)13-7-9-15(10-8-13)22-18(24)14(11-20)12-21-16-5-3-4-6-17(16)23(26)27/h3-10,12,21H,2H2,1H3,(H,22,24)/b14-12-. The Kier molecular flexibility index (Phi) is 6.82. The van der Waals surface area contributed by atoms with Crippen molar-refractivity contribution in [3.8, 4) is 6.07 Å². The Labute approximate surface area is 160 Å². The van der Waals surface area contributed by atoms with E-state index in [1.807, 2.05) is 0 Å². The first kappa shape index (κ1) is 20.1. The lowest BCUT2D eigenvalue weighted by Crippen LogP contribution is -2.15. The van der Waals surface area contributed by atoms with Gasteiger partial charge in [-0.3, -0.25) is 14.9 Å². The van der Waals surface area contributed by atoms with Crippen LogP contribution in [0.25, 0.3) is 0 Å². The maximum atomic E-state index is 12.2. The summed E-state index contributed by atoms with van der Waals surface area (Å²) in [6.45, 7) is 1.95. The van der Waals surface area contributed by atoms with Gasteiger partial charge in [-0.2, -0.15) is 5.26 Å². The molecule has 142 valence electrons. The number of ether oxygens (including phenoxy) is 1. The molecular formula is C19H16N4O5. The molecule has 2 aromatic carbocycles. The zero-order chi connectivity index (χ0) is 20.5. The van der Waals surface area contributed by atoms with Gasteiger partial charge in [-0.15, -0.1) is 0 Å². The first-order chi connectivity index (χ1) is 13.5. The number of hydrogen-bond donors (Lipinski definition) is 2. The van der Waals surface area contributed by atoms with Crippen LogP contribution >= 0.6 is 0 Å². The number of carbonyl (C=O) groups excluding carboxylic acids is 2. The largest absolute Gasteiger partial charge is 0.462 e. The Morgan fingerprint density at radius 2 is 1.89 bits per heavy atom. The van der Waals surface area contributed by atoms with Crippen LogP contribution in [0.2, 0.25) is 0 Å². The molecule has 0 spiro atoms. The lowest BCUT2D eigenvalue weighted by Gasteiger charge is -2.07. The van der Waals surface area contributed by atoms with Crippen LogP contribution in [0, 0.1) is 21.4 Å². The highest BCUT2D eigenvalue weighted by Gasteiger charge is 2.14. The molecule has 0 saturated carbocycles. The number of nitriles is 1. The van der Waals surface area contributed by atoms with Crippen LogP contribution < -0.4 is 10.6 Å². The average Bonchev–Trinajstić information content (AvgIpc) is 2.69. The van der Waals surface area contributed by atoms with E-state index in [-0.39, 0.29) is 23.6 Å². The van der Waals surface area contributed by atoms with Crippen molar-refractivity contribution in [1.82, 2.24) is 0 Å². The highest BCUT2D eigenvalue weighted by molar-refractivity contribution is 6.07. The molecule has 2 N–H and O–H groups in total. The fourth-order valence-electron chi connectivity index (χ4n) is 2.16. The molecule has 1 amide bonds. The molecule has 28 heavy (non-hydrogen) atoms. The summed E-state index contributed by atoms with van der Waals surface area (Å²) in [7, 11) is 0. The number of benzene rings is 2. The second-order valence-corrected chi connectivity index (χ2v) is 5.34. The average molecular weight is 380 g/mol. The van der Waals surface area contributed by atoms with Gasteiger partial charge in [-0.25, -0.2) is 4.79 Å². The van der Waals surface area contributed by atoms with E-state index in [1.165, 1.54) is 42.5 Å². The molecule has 0 saturated heterocycles. The lowest BCUT2D eigenvalue weighted by molar-refractivity contribution is -0.383. The second kappa shape index (κ2) is 9.49. The first-order valence-electron chi connectivity index (χ1n) is 8.15. The summed E-state index contributed by atoms with van der Waals surface area (Å²) in [5, 5.41) is 25.3. The molecule has 0 aliphatic carbocycles. The summed E-state index contributed by atoms with van der Waals surface area (Å²) in [6.07, 6.45) is 1.09. The van der Waals surface area contributed by atoms with Gasteiger partial charge in [-0.05, 0) is 37.3 Å². The van der Waals surface area contributed by atoms with Crippen molar-refractivity contribution in [2.24, 2.45) is 0 Å². The van der Waals surface area contributed by atoms with Gasteiger partial charge in [0.05, 0.1) is 17.1 Å². The van der Waals surface area contributed by atoms with Gasteiger partial charge in [-0.1, -0.05) is 12.1 Å². The van der Waals surface area contributed by atoms with Crippen LogP contribution in [0.4, 0.5) is 17.1 Å². The minimum absolute atomic E-state index is 0.145. The van der Waals surface area contributed by atoms with E-state index in [9.17, 15) is 25.0 Å². The van der Waals surface area contributed by atoms with Gasteiger partial charge < -0.3 is 15.4 Å². The lowest BCUT2D eigenvalue weighted by atomic mass is 10.2. The molecule has 0 unspecified atom stereocenters. The Balaban J connectivity index is 2.10. The fourth-order valence-corrected chi connectivity index (χ4v) is 2.16. The summed E-state index contributed by atoms with van der Waals surface area (Å²) < 4.78 is 4.87. The number of nitrogens with one attached hydrogen (secondary N) is 2. The Bertz CT molecular complexity index is 961. The van der Waals surface area contributed by atoms with Gasteiger partial charge >= 0.3 is 5.97 Å². The highest BCUT2D eigenvalue weighted by atomic mass is 16.6. The Morgan fingerprint density at radius 3 is 2.50 bits per heavy atom. The van der Waals surface area contributed by atoms with E-state index < -0.39 is 16.8 Å². The quantitative estimate of drug-likeness (QED) is 0.247. The zero-order valence-corrected chi connectivity index (χ0v) is 14.8. The number of carbonyl (C=O) groups is 2. The molecule has 0 aliphatic heterocycles. The second-order valence-electron chi connectivity index (χ2n) is 5.34. The van der Waals surface area contributed by atoms with Gasteiger partial charge in [0.1, 0.15) is 17.3 Å². The van der Waals surface area contributed by atoms with E-state index >= 15 is 0 Å². The molecule has 0 aromatic heterocycles. The fraction of sp³-hybridized carbons (Fsp3) is 0.105. The molecule has 9 nitrogen and oxygen atoms in total. The van der Waals surface area contributed by atoms with Gasteiger partial charge in [0, 0.05) is 18.0 Å². The summed E-state index contributed by atoms with van der Waals surface area (Å²) in [5.41, 5.74) is 0.365. The molecule has 0 atom stereocenters. The monoisotopic (exact) mass is 380 g/mol. The zero-order valence-electron chi connectivity index (χ0n) is 14.8. The number of nitro groups is 1. The number of nitro benzene ring substituents is 1. The van der Waals surface area contributed by atoms with Crippen molar-refractivity contribution < 1.29 is 19.2 Å². The van der Waals surface area contributed by atoms with Crippen LogP contribution in [0.1, 0.15) is 17.3 Å². The van der Waals surface area contributed by atoms with E-state index in [1.54, 1.807) is 19.1 Å². The summed E-state index contributed by atoms with van der Waals surface area (Å²) in [6, 6.07) is 13.5. The molecular weight excluding hydrogens is 364 g/mol. The third kappa shape index (κ3) is 5.15. The van der Waals surface area contributed by atoms with Crippen molar-refractivity contribution >= 4 is 28.9 Å². The topological polar surface area (TPSA) is 134 Å². The molecule has 0 aliphatic rings. The third-order valence-corrected chi connectivity index (χ3v) is 3.49. The number of para-hydroxylation sites is 2. The van der Waals surface area contributed by atoms with Gasteiger partial charge in [0.25, 0.3) is 11.6 Å². The van der Waals surface area contributed by atoms with Crippen molar-refractivity contribution in [1.29, 1.82) is 5.26 Å². The van der Waals surface area contributed by atoms with Crippen molar-refractivity contribution in [2.45, 2.75) is 6.92 Å². The third-order valence-electron chi connectivity index (χ3n) is 3.49. The predicted octanol–water partition coefficient (Wildman–Crippen LogP) is 3.23. The molecule has 9 heteroatoms. The van der Waals surface area contributed by atoms with Crippen LogP contribution in [0.15, 0.2) is 60.3 Å². The molecule has 0 fully saturated rings. The molecule has 0 bridgehead atoms. The summed E-state index contributed by atoms with van der Waals surface area (Å²) in [5.74, 6) is -1.19. The number of hydrogen-bond acceptors (Lipinski definition) is 7. The van der Waals surface area contributed by atoms with Gasteiger partial charge in [0.2, 0.25) is 0 Å². The Hall–Kier alpha value is -4.19. The van der Waals surface area contributed by atoms with Crippen LogP contribution in [0.5, 0.6) is 0 Å². The van der Waals surface area contributed by atoms with Crippen molar-refractivity contribution in [2.75, 3.05) is 17.2 Å². The molecule has 2 rings (SSSR count). The number of esters is 1. The number of anilines is 2. The van der Waals surface area contributed by atoms with Crippen LogP contribution in [-0.2, 0) is 9.53 Å². The number of amides is 1. The summed E-state index contributed by atoms with van der Waals surface area (Å²) >= 11 is 0. The highest BCUT2D eigenvalue weighted by Crippen LogP contribution is 2.23. The van der Waals surface area contributed by atoms with Crippen molar-refractivity contribution in [3.63, 3.8) is 0 Å². The summed E-state index contributed by atoms with van der Waals surface area (Å²) in [4.78, 5) is 34.3. The number of nitrogens with zero attached hydrogens (tertiary/aromatic N) is 2. The Morgan fingerprint density at radius 1 is 1.21 bits per heavy atom. The van der Waals surface area contributed by atoms with Crippen molar-refractivity contribution in [3.05, 3.63) is 76.0 Å². The first-order valence-corrected chi connectivity index (χ1v) is 8.15. The van der Waals surface area contributed by atoms with Crippen LogP contribution in [-0.4, -0.2) is 23.4 Å². The normalized spacial score (nSPS) is 10.5. The predicted molar refractivity (Wildman–Crippen MR) is 101 cm³/mol. The maximum absolute atomic E-state index is 12.2. The smallest absolute Gasteiger partial charge is 0.338 e.